The van der Waals surface area contributed by atoms with Crippen molar-refractivity contribution < 1.29 is 20.1 Å². The van der Waals surface area contributed by atoms with E-state index >= 15 is 0 Å². The maximum absolute atomic E-state index is 10.3. The van der Waals surface area contributed by atoms with Crippen LogP contribution in [0.4, 0.5) is 0 Å². The van der Waals surface area contributed by atoms with Crippen LogP contribution in [0.15, 0.2) is 24.3 Å². The number of para-hydroxylation sites is 1. The van der Waals surface area contributed by atoms with E-state index < -0.39 is 5.97 Å². The van der Waals surface area contributed by atoms with Gasteiger partial charge in [0.15, 0.2) is 0 Å². The molecule has 0 saturated heterocycles. The Bertz CT molecular complexity index is 336. The van der Waals surface area contributed by atoms with Gasteiger partial charge in [-0.15, -0.1) is 0 Å². The summed E-state index contributed by atoms with van der Waals surface area (Å²) in [5, 5.41) is 26.2. The summed E-state index contributed by atoms with van der Waals surface area (Å²) in [6.45, 7) is 4.08. The van der Waals surface area contributed by atoms with Crippen molar-refractivity contribution in [2.45, 2.75) is 39.2 Å². The SMILES string of the molecule is CCCC(O)CC.O=C(O)c1ccccc1O. The van der Waals surface area contributed by atoms with Crippen LogP contribution in [0.25, 0.3) is 0 Å². The van der Waals surface area contributed by atoms with Gasteiger partial charge in [0.05, 0.1) is 6.10 Å². The monoisotopic (exact) mass is 240 g/mol. The first-order valence-corrected chi connectivity index (χ1v) is 5.72. The highest BCUT2D eigenvalue weighted by Gasteiger charge is 2.05. The van der Waals surface area contributed by atoms with Gasteiger partial charge in [-0.05, 0) is 25.0 Å². The molecule has 0 aliphatic rings. The van der Waals surface area contributed by atoms with Crippen molar-refractivity contribution in [2.75, 3.05) is 0 Å². The van der Waals surface area contributed by atoms with Crippen LogP contribution in [-0.2, 0) is 0 Å². The van der Waals surface area contributed by atoms with Gasteiger partial charge in [0.25, 0.3) is 0 Å². The second-order valence-electron chi connectivity index (χ2n) is 3.67. The quantitative estimate of drug-likeness (QED) is 0.756. The number of carboxylic acids is 1. The van der Waals surface area contributed by atoms with E-state index in [2.05, 4.69) is 6.92 Å². The molecule has 0 spiro atoms. The van der Waals surface area contributed by atoms with Crippen LogP contribution in [0.1, 0.15) is 43.5 Å². The third-order valence-corrected chi connectivity index (χ3v) is 2.23. The van der Waals surface area contributed by atoms with Crippen molar-refractivity contribution in [3.05, 3.63) is 29.8 Å². The zero-order valence-corrected chi connectivity index (χ0v) is 10.3. The number of benzene rings is 1. The van der Waals surface area contributed by atoms with Crippen LogP contribution in [0.3, 0.4) is 0 Å². The number of aromatic carboxylic acids is 1. The van der Waals surface area contributed by atoms with E-state index in [4.69, 9.17) is 15.3 Å². The number of hydrogen-bond acceptors (Lipinski definition) is 3. The van der Waals surface area contributed by atoms with Crippen LogP contribution >= 0.6 is 0 Å². The molecule has 1 atom stereocenters. The Labute approximate surface area is 102 Å². The minimum absolute atomic E-state index is 0.0509. The Kier molecular flexibility index (Phi) is 7.80. The van der Waals surface area contributed by atoms with Gasteiger partial charge in [-0.3, -0.25) is 0 Å². The van der Waals surface area contributed by atoms with E-state index in [9.17, 15) is 4.79 Å². The van der Waals surface area contributed by atoms with Gasteiger partial charge in [-0.2, -0.15) is 0 Å². The fourth-order valence-electron chi connectivity index (χ4n) is 1.19. The molecule has 0 amide bonds. The Hall–Kier alpha value is -1.55. The second-order valence-corrected chi connectivity index (χ2v) is 3.67. The summed E-state index contributed by atoms with van der Waals surface area (Å²) in [5.74, 6) is -1.31. The zero-order valence-electron chi connectivity index (χ0n) is 10.3. The Morgan fingerprint density at radius 3 is 2.18 bits per heavy atom. The number of phenols is 1. The maximum Gasteiger partial charge on any atom is 0.339 e. The average molecular weight is 240 g/mol. The molecular formula is C13H20O4. The van der Waals surface area contributed by atoms with E-state index in [1.54, 1.807) is 12.1 Å². The second kappa shape index (κ2) is 8.58. The van der Waals surface area contributed by atoms with E-state index in [0.29, 0.717) is 0 Å². The first kappa shape index (κ1) is 15.4. The summed E-state index contributed by atoms with van der Waals surface area (Å²) in [7, 11) is 0. The highest BCUT2D eigenvalue weighted by atomic mass is 16.4. The molecule has 17 heavy (non-hydrogen) atoms. The molecule has 0 heterocycles. The lowest BCUT2D eigenvalue weighted by Gasteiger charge is -2.01. The predicted octanol–water partition coefficient (Wildman–Crippen LogP) is 2.65. The number of carboxylic acid groups (broad SMARTS) is 1. The fraction of sp³-hybridized carbons (Fsp3) is 0.462. The average Bonchev–Trinajstić information content (AvgIpc) is 2.30. The van der Waals surface area contributed by atoms with Gasteiger partial charge in [-0.25, -0.2) is 4.79 Å². The van der Waals surface area contributed by atoms with E-state index in [0.717, 1.165) is 19.3 Å². The van der Waals surface area contributed by atoms with Crippen LogP contribution in [0.5, 0.6) is 5.75 Å². The van der Waals surface area contributed by atoms with E-state index in [1.165, 1.54) is 12.1 Å². The minimum Gasteiger partial charge on any atom is -0.507 e. The standard InChI is InChI=1S/C7H6O3.C6H14O/c8-6-4-2-1-3-5(6)7(9)10;1-3-5-6(7)4-2/h1-4,8H,(H,9,10);6-7H,3-5H2,1-2H3. The molecule has 1 aromatic carbocycles. The van der Waals surface area contributed by atoms with Gasteiger partial charge in [0.2, 0.25) is 0 Å². The van der Waals surface area contributed by atoms with Crippen molar-refractivity contribution in [1.29, 1.82) is 0 Å². The van der Waals surface area contributed by atoms with Crippen molar-refractivity contribution in [2.24, 2.45) is 0 Å². The third-order valence-electron chi connectivity index (χ3n) is 2.23. The summed E-state index contributed by atoms with van der Waals surface area (Å²) in [5.41, 5.74) is -0.0671. The first-order valence-electron chi connectivity index (χ1n) is 5.72. The van der Waals surface area contributed by atoms with Gasteiger partial charge in [0, 0.05) is 0 Å². The predicted molar refractivity (Wildman–Crippen MR) is 66.3 cm³/mol. The molecule has 0 aromatic heterocycles. The van der Waals surface area contributed by atoms with Crippen LogP contribution in [0.2, 0.25) is 0 Å². The fourth-order valence-corrected chi connectivity index (χ4v) is 1.19. The molecule has 0 aliphatic carbocycles. The highest BCUT2D eigenvalue weighted by Crippen LogP contribution is 2.14. The lowest BCUT2D eigenvalue weighted by molar-refractivity contribution is 0.0693. The molecule has 0 fully saturated rings. The topological polar surface area (TPSA) is 77.8 Å². The van der Waals surface area contributed by atoms with Crippen molar-refractivity contribution in [3.8, 4) is 5.75 Å². The molecule has 0 saturated carbocycles. The molecule has 3 N–H and O–H groups in total. The molecule has 96 valence electrons. The Morgan fingerprint density at radius 1 is 1.29 bits per heavy atom. The van der Waals surface area contributed by atoms with Crippen LogP contribution < -0.4 is 0 Å². The molecule has 4 nitrogen and oxygen atoms in total. The van der Waals surface area contributed by atoms with E-state index in [1.807, 2.05) is 6.92 Å². The summed E-state index contributed by atoms with van der Waals surface area (Å²) in [4.78, 5) is 10.3. The number of aliphatic hydroxyl groups excluding tert-OH is 1. The van der Waals surface area contributed by atoms with E-state index in [-0.39, 0.29) is 17.4 Å². The number of carbonyl (C=O) groups is 1. The molecule has 1 unspecified atom stereocenters. The number of rotatable bonds is 4. The van der Waals surface area contributed by atoms with Gasteiger partial charge < -0.3 is 15.3 Å². The van der Waals surface area contributed by atoms with Gasteiger partial charge >= 0.3 is 5.97 Å². The maximum atomic E-state index is 10.3. The largest absolute Gasteiger partial charge is 0.507 e. The molecule has 1 rings (SSSR count). The van der Waals surface area contributed by atoms with Crippen LogP contribution in [0, 0.1) is 0 Å². The smallest absolute Gasteiger partial charge is 0.339 e. The normalized spacial score (nSPS) is 11.2. The number of aliphatic hydroxyl groups is 1. The minimum atomic E-state index is -1.11. The molecule has 4 heteroatoms. The van der Waals surface area contributed by atoms with Gasteiger partial charge in [0.1, 0.15) is 11.3 Å². The summed E-state index contributed by atoms with van der Waals surface area (Å²) in [6, 6.07) is 5.81. The molecule has 0 bridgehead atoms. The van der Waals surface area contributed by atoms with Crippen molar-refractivity contribution in [3.63, 3.8) is 0 Å². The highest BCUT2D eigenvalue weighted by molar-refractivity contribution is 5.90. The molecule has 0 radical (unpaired) electrons. The molecule has 0 aliphatic heterocycles. The summed E-state index contributed by atoms with van der Waals surface area (Å²) >= 11 is 0. The number of hydrogen-bond donors (Lipinski definition) is 3. The Morgan fingerprint density at radius 2 is 1.88 bits per heavy atom. The lowest BCUT2D eigenvalue weighted by Crippen LogP contribution is -2.01. The third kappa shape index (κ3) is 6.58. The van der Waals surface area contributed by atoms with Gasteiger partial charge in [-0.1, -0.05) is 32.4 Å². The van der Waals surface area contributed by atoms with Crippen molar-refractivity contribution >= 4 is 5.97 Å². The van der Waals surface area contributed by atoms with Crippen molar-refractivity contribution in [1.82, 2.24) is 0 Å². The molecular weight excluding hydrogens is 220 g/mol. The first-order chi connectivity index (χ1) is 8.02. The lowest BCUT2D eigenvalue weighted by atomic mass is 10.2. The Balaban J connectivity index is 0.000000325. The molecule has 1 aromatic rings. The summed E-state index contributed by atoms with van der Waals surface area (Å²) in [6.07, 6.45) is 2.89. The zero-order chi connectivity index (χ0) is 13.3. The number of aromatic hydroxyl groups is 1. The summed E-state index contributed by atoms with van der Waals surface area (Å²) < 4.78 is 0. The van der Waals surface area contributed by atoms with Crippen LogP contribution in [-0.4, -0.2) is 27.4 Å².